The predicted molar refractivity (Wildman–Crippen MR) is 93.3 cm³/mol. The van der Waals surface area contributed by atoms with Crippen molar-refractivity contribution >= 4 is 23.2 Å². The van der Waals surface area contributed by atoms with E-state index in [-0.39, 0.29) is 12.2 Å². The van der Waals surface area contributed by atoms with Crippen LogP contribution in [0.5, 0.6) is 0 Å². The summed E-state index contributed by atoms with van der Waals surface area (Å²) in [6, 6.07) is 8.46. The van der Waals surface area contributed by atoms with Gasteiger partial charge in [-0.3, -0.25) is 14.2 Å². The number of benzene rings is 1. The van der Waals surface area contributed by atoms with E-state index in [2.05, 4.69) is 15.5 Å². The number of amides is 1. The quantitative estimate of drug-likeness (QED) is 0.710. The molecule has 26 heavy (non-hydrogen) atoms. The Morgan fingerprint density at radius 2 is 2.15 bits per heavy atom. The monoisotopic (exact) mass is 379 g/mol. The van der Waals surface area contributed by atoms with Crippen LogP contribution in [0, 0.1) is 6.92 Å². The van der Waals surface area contributed by atoms with Gasteiger partial charge in [-0.05, 0) is 30.7 Å². The van der Waals surface area contributed by atoms with E-state index in [0.29, 0.717) is 22.9 Å². The molecule has 1 N–H and O–H groups in total. The van der Waals surface area contributed by atoms with Crippen molar-refractivity contribution in [1.29, 1.82) is 0 Å². The second-order valence-electron chi connectivity index (χ2n) is 5.77. The average molecular weight is 380 g/mol. The van der Waals surface area contributed by atoms with Crippen LogP contribution >= 0.6 is 11.6 Å². The minimum atomic E-state index is -2.69. The van der Waals surface area contributed by atoms with E-state index in [0.717, 1.165) is 10.2 Å². The third-order valence-electron chi connectivity index (χ3n) is 3.61. The van der Waals surface area contributed by atoms with Crippen molar-refractivity contribution in [2.24, 2.45) is 0 Å². The molecule has 9 heteroatoms. The number of aryl methyl sites for hydroxylation is 1. The summed E-state index contributed by atoms with van der Waals surface area (Å²) in [6.07, 6.45) is 0.548. The van der Waals surface area contributed by atoms with E-state index in [4.69, 9.17) is 11.6 Å². The van der Waals surface area contributed by atoms with Gasteiger partial charge in [0.1, 0.15) is 12.2 Å². The highest BCUT2D eigenvalue weighted by Gasteiger charge is 2.17. The fourth-order valence-electron chi connectivity index (χ4n) is 2.56. The first-order chi connectivity index (χ1) is 12.4. The molecule has 0 unspecified atom stereocenters. The Hall–Kier alpha value is -2.74. The van der Waals surface area contributed by atoms with Gasteiger partial charge in [-0.2, -0.15) is 10.2 Å². The predicted octanol–water partition coefficient (Wildman–Crippen LogP) is 3.67. The highest BCUT2D eigenvalue weighted by atomic mass is 35.5. The molecule has 3 aromatic rings. The summed E-state index contributed by atoms with van der Waals surface area (Å²) in [5, 5.41) is 11.3. The SMILES string of the molecule is Cc1cc(C(F)F)n(CC(=O)Nc2cccc(Cn3cc(Cl)cn3)c2)n1. The van der Waals surface area contributed by atoms with Crippen molar-refractivity contribution < 1.29 is 13.6 Å². The summed E-state index contributed by atoms with van der Waals surface area (Å²) in [5.41, 5.74) is 1.63. The van der Waals surface area contributed by atoms with Crippen LogP contribution < -0.4 is 5.32 Å². The topological polar surface area (TPSA) is 64.7 Å². The van der Waals surface area contributed by atoms with Crippen molar-refractivity contribution in [1.82, 2.24) is 19.6 Å². The lowest BCUT2D eigenvalue weighted by molar-refractivity contribution is -0.117. The molecule has 1 amide bonds. The first-order valence-electron chi connectivity index (χ1n) is 7.80. The molecule has 0 spiro atoms. The van der Waals surface area contributed by atoms with Crippen LogP contribution in [0.25, 0.3) is 0 Å². The van der Waals surface area contributed by atoms with Gasteiger partial charge in [-0.25, -0.2) is 8.78 Å². The number of hydrogen-bond donors (Lipinski definition) is 1. The van der Waals surface area contributed by atoms with Gasteiger partial charge in [0.05, 0.1) is 23.5 Å². The Bertz CT molecular complexity index is 922. The molecule has 0 aliphatic rings. The molecule has 0 bridgehead atoms. The molecule has 1 aromatic carbocycles. The smallest absolute Gasteiger partial charge is 0.280 e. The second-order valence-corrected chi connectivity index (χ2v) is 6.21. The molecule has 0 radical (unpaired) electrons. The Balaban J connectivity index is 1.67. The molecule has 0 saturated heterocycles. The van der Waals surface area contributed by atoms with Crippen molar-refractivity contribution in [2.45, 2.75) is 26.4 Å². The van der Waals surface area contributed by atoms with E-state index in [1.807, 2.05) is 6.07 Å². The van der Waals surface area contributed by atoms with E-state index in [1.54, 1.807) is 42.2 Å². The number of carbonyl (C=O) groups is 1. The van der Waals surface area contributed by atoms with Crippen LogP contribution in [-0.4, -0.2) is 25.5 Å². The van der Waals surface area contributed by atoms with Gasteiger partial charge in [0.15, 0.2) is 0 Å². The fourth-order valence-corrected chi connectivity index (χ4v) is 2.72. The van der Waals surface area contributed by atoms with E-state index in [1.165, 1.54) is 6.07 Å². The summed E-state index contributed by atoms with van der Waals surface area (Å²) in [4.78, 5) is 12.2. The molecule has 0 fully saturated rings. The zero-order chi connectivity index (χ0) is 18.7. The Labute approximate surface area is 153 Å². The van der Waals surface area contributed by atoms with Crippen LogP contribution in [0.2, 0.25) is 5.02 Å². The number of halogens is 3. The summed E-state index contributed by atoms with van der Waals surface area (Å²) in [7, 11) is 0. The number of aromatic nitrogens is 4. The Morgan fingerprint density at radius 3 is 2.85 bits per heavy atom. The summed E-state index contributed by atoms with van der Waals surface area (Å²) in [5.74, 6) is -0.436. The van der Waals surface area contributed by atoms with E-state index < -0.39 is 12.3 Å². The zero-order valence-electron chi connectivity index (χ0n) is 13.9. The van der Waals surface area contributed by atoms with E-state index >= 15 is 0 Å². The van der Waals surface area contributed by atoms with Crippen LogP contribution in [0.15, 0.2) is 42.7 Å². The molecule has 136 valence electrons. The molecule has 0 atom stereocenters. The molecular formula is C17H16ClF2N5O. The molecule has 0 aliphatic heterocycles. The molecule has 2 heterocycles. The van der Waals surface area contributed by atoms with Gasteiger partial charge in [-0.15, -0.1) is 0 Å². The minimum absolute atomic E-state index is 0.276. The third-order valence-corrected chi connectivity index (χ3v) is 3.80. The molecule has 6 nitrogen and oxygen atoms in total. The van der Waals surface area contributed by atoms with Crippen molar-refractivity contribution in [3.05, 3.63) is 64.7 Å². The maximum absolute atomic E-state index is 13.0. The molecule has 0 saturated carbocycles. The maximum atomic E-state index is 13.0. The summed E-state index contributed by atoms with van der Waals surface area (Å²) in [6.45, 7) is 1.81. The average Bonchev–Trinajstić information content (AvgIpc) is 3.13. The highest BCUT2D eigenvalue weighted by Crippen LogP contribution is 2.20. The Kier molecular flexibility index (Phi) is 5.32. The standard InChI is InChI=1S/C17H16ClF2N5O/c1-11-5-15(17(19)20)25(23-11)10-16(26)22-14-4-2-3-12(6-14)8-24-9-13(18)7-21-24/h2-7,9,17H,8,10H2,1H3,(H,22,26). The Morgan fingerprint density at radius 1 is 1.35 bits per heavy atom. The number of rotatable bonds is 6. The van der Waals surface area contributed by atoms with Crippen molar-refractivity contribution in [3.63, 3.8) is 0 Å². The van der Waals surface area contributed by atoms with Gasteiger partial charge in [-0.1, -0.05) is 23.7 Å². The first-order valence-corrected chi connectivity index (χ1v) is 8.18. The number of carbonyl (C=O) groups excluding carboxylic acids is 1. The van der Waals surface area contributed by atoms with Crippen LogP contribution in [0.4, 0.5) is 14.5 Å². The van der Waals surface area contributed by atoms with Crippen molar-refractivity contribution in [3.8, 4) is 0 Å². The zero-order valence-corrected chi connectivity index (χ0v) is 14.6. The lowest BCUT2D eigenvalue weighted by atomic mass is 10.2. The number of anilines is 1. The lowest BCUT2D eigenvalue weighted by Gasteiger charge is -2.09. The van der Waals surface area contributed by atoms with Crippen LogP contribution in [0.1, 0.15) is 23.4 Å². The summed E-state index contributed by atoms with van der Waals surface area (Å²) >= 11 is 5.84. The fraction of sp³-hybridized carbons (Fsp3) is 0.235. The first kappa shape index (κ1) is 18.1. The van der Waals surface area contributed by atoms with Gasteiger partial charge < -0.3 is 5.32 Å². The van der Waals surface area contributed by atoms with Gasteiger partial charge in [0.25, 0.3) is 6.43 Å². The molecular weight excluding hydrogens is 364 g/mol. The molecule has 2 aromatic heterocycles. The van der Waals surface area contributed by atoms with Gasteiger partial charge >= 0.3 is 0 Å². The number of hydrogen-bond acceptors (Lipinski definition) is 3. The van der Waals surface area contributed by atoms with E-state index in [9.17, 15) is 13.6 Å². The van der Waals surface area contributed by atoms with Gasteiger partial charge in [0, 0.05) is 11.9 Å². The number of nitrogens with zero attached hydrogens (tertiary/aromatic N) is 4. The number of nitrogens with one attached hydrogen (secondary N) is 1. The van der Waals surface area contributed by atoms with Crippen LogP contribution in [0.3, 0.4) is 0 Å². The maximum Gasteiger partial charge on any atom is 0.280 e. The van der Waals surface area contributed by atoms with Gasteiger partial charge in [0.2, 0.25) is 5.91 Å². The lowest BCUT2D eigenvalue weighted by Crippen LogP contribution is -2.21. The second kappa shape index (κ2) is 7.65. The van der Waals surface area contributed by atoms with Crippen LogP contribution in [-0.2, 0) is 17.9 Å². The van der Waals surface area contributed by atoms with Crippen molar-refractivity contribution in [2.75, 3.05) is 5.32 Å². The molecule has 3 rings (SSSR count). The third kappa shape index (κ3) is 4.45. The highest BCUT2D eigenvalue weighted by molar-refractivity contribution is 6.30. The summed E-state index contributed by atoms with van der Waals surface area (Å²) < 4.78 is 28.6. The normalized spacial score (nSPS) is 11.1. The minimum Gasteiger partial charge on any atom is -0.324 e. The largest absolute Gasteiger partial charge is 0.324 e. The number of alkyl halides is 2. The molecule has 0 aliphatic carbocycles.